The van der Waals surface area contributed by atoms with Gasteiger partial charge in [-0.1, -0.05) is 0 Å². The summed E-state index contributed by atoms with van der Waals surface area (Å²) < 4.78 is 32.1. The number of nitrogens with one attached hydrogen (secondary N) is 2. The summed E-state index contributed by atoms with van der Waals surface area (Å²) in [5, 5.41) is 3.00. The summed E-state index contributed by atoms with van der Waals surface area (Å²) in [5.41, 5.74) is 9.82. The monoisotopic (exact) mass is 441 g/mol. The number of amides is 1. The molecule has 1 aromatic heterocycles. The lowest BCUT2D eigenvalue weighted by Gasteiger charge is -2.23. The molecule has 3 rings (SSSR count). The predicted molar refractivity (Wildman–Crippen MR) is 122 cm³/mol. The number of H-pyrrole nitrogens is 1. The minimum absolute atomic E-state index is 0.0954. The Balaban J connectivity index is 1.81. The molecular formula is C25H29F2N3O2. The number of hydrogen-bond acceptors (Lipinski definition) is 3. The van der Waals surface area contributed by atoms with Gasteiger partial charge in [0.15, 0.2) is 0 Å². The van der Waals surface area contributed by atoms with E-state index in [0.717, 1.165) is 28.1 Å². The van der Waals surface area contributed by atoms with Crippen molar-refractivity contribution in [2.45, 2.75) is 38.3 Å². The summed E-state index contributed by atoms with van der Waals surface area (Å²) in [7, 11) is 1.60. The van der Waals surface area contributed by atoms with E-state index in [1.807, 2.05) is 13.0 Å². The highest BCUT2D eigenvalue weighted by molar-refractivity contribution is 5.78. The van der Waals surface area contributed by atoms with E-state index in [2.05, 4.69) is 10.3 Å². The van der Waals surface area contributed by atoms with Crippen LogP contribution >= 0.6 is 0 Å². The normalized spacial score (nSPS) is 13.0. The summed E-state index contributed by atoms with van der Waals surface area (Å²) in [4.78, 5) is 16.0. The molecule has 2 unspecified atom stereocenters. The van der Waals surface area contributed by atoms with Gasteiger partial charge < -0.3 is 20.8 Å². The van der Waals surface area contributed by atoms with E-state index in [-0.39, 0.29) is 36.1 Å². The van der Waals surface area contributed by atoms with Gasteiger partial charge in [-0.2, -0.15) is 0 Å². The smallest absolute Gasteiger partial charge is 0.220 e. The van der Waals surface area contributed by atoms with Crippen molar-refractivity contribution in [1.29, 1.82) is 0 Å². The molecule has 3 aromatic rings. The number of methoxy groups -OCH3 is 1. The third-order valence-corrected chi connectivity index (χ3v) is 5.57. The molecule has 1 amide bonds. The zero-order chi connectivity index (χ0) is 23.1. The first kappa shape index (κ1) is 23.6. The average molecular weight is 442 g/mol. The van der Waals surface area contributed by atoms with Crippen LogP contribution in [0.5, 0.6) is 0 Å². The Morgan fingerprint density at radius 2 is 1.66 bits per heavy atom. The molecule has 32 heavy (non-hydrogen) atoms. The zero-order valence-electron chi connectivity index (χ0n) is 18.3. The number of nitrogens with two attached hydrogens (primary N) is 1. The Morgan fingerprint density at radius 3 is 2.22 bits per heavy atom. The number of aromatic nitrogens is 1. The molecule has 0 bridgehead atoms. The number of ether oxygens (including phenoxy) is 1. The van der Waals surface area contributed by atoms with Crippen LogP contribution in [-0.4, -0.2) is 36.7 Å². The Morgan fingerprint density at radius 1 is 1.06 bits per heavy atom. The molecule has 0 saturated carbocycles. The Labute approximate surface area is 187 Å². The van der Waals surface area contributed by atoms with Crippen LogP contribution in [0.25, 0.3) is 22.5 Å². The first-order valence-electron chi connectivity index (χ1n) is 10.7. The van der Waals surface area contributed by atoms with E-state index in [4.69, 9.17) is 10.5 Å². The summed E-state index contributed by atoms with van der Waals surface area (Å²) >= 11 is 0. The van der Waals surface area contributed by atoms with E-state index in [1.54, 1.807) is 31.4 Å². The number of hydrogen-bond donors (Lipinski definition) is 3. The number of halogens is 2. The molecule has 0 aliphatic heterocycles. The van der Waals surface area contributed by atoms with E-state index in [9.17, 15) is 13.6 Å². The maximum Gasteiger partial charge on any atom is 0.220 e. The van der Waals surface area contributed by atoms with Gasteiger partial charge in [0.25, 0.3) is 0 Å². The fourth-order valence-corrected chi connectivity index (χ4v) is 3.65. The molecule has 2 aromatic carbocycles. The fraction of sp³-hybridized carbons (Fsp3) is 0.320. The predicted octanol–water partition coefficient (Wildman–Crippen LogP) is 4.43. The van der Waals surface area contributed by atoms with Crippen molar-refractivity contribution < 1.29 is 18.3 Å². The van der Waals surface area contributed by atoms with Gasteiger partial charge in [-0.15, -0.1) is 0 Å². The molecule has 4 N–H and O–H groups in total. The summed E-state index contributed by atoms with van der Waals surface area (Å²) in [6.07, 6.45) is 1.23. The van der Waals surface area contributed by atoms with Crippen molar-refractivity contribution in [3.63, 3.8) is 0 Å². The maximum absolute atomic E-state index is 13.4. The largest absolute Gasteiger partial charge is 0.380 e. The number of benzene rings is 2. The molecule has 0 saturated heterocycles. The first-order valence-corrected chi connectivity index (χ1v) is 10.7. The van der Waals surface area contributed by atoms with E-state index in [0.29, 0.717) is 19.4 Å². The van der Waals surface area contributed by atoms with Gasteiger partial charge in [0, 0.05) is 24.9 Å². The van der Waals surface area contributed by atoms with Crippen LogP contribution in [0.3, 0.4) is 0 Å². The second-order valence-electron chi connectivity index (χ2n) is 7.79. The molecule has 5 nitrogen and oxygen atoms in total. The van der Waals surface area contributed by atoms with E-state index >= 15 is 0 Å². The molecule has 0 radical (unpaired) electrons. The van der Waals surface area contributed by atoms with Gasteiger partial charge in [0.2, 0.25) is 5.91 Å². The van der Waals surface area contributed by atoms with Crippen molar-refractivity contribution in [2.24, 2.45) is 5.73 Å². The Kier molecular flexibility index (Phi) is 8.14. The van der Waals surface area contributed by atoms with Gasteiger partial charge in [-0.05, 0) is 97.6 Å². The number of carbonyl (C=O) groups is 1. The maximum atomic E-state index is 13.4. The molecule has 170 valence electrons. The number of aryl methyl sites for hydroxylation is 1. The zero-order valence-corrected chi connectivity index (χ0v) is 18.3. The van der Waals surface area contributed by atoms with Crippen LogP contribution in [0.15, 0.2) is 54.6 Å². The highest BCUT2D eigenvalue weighted by Gasteiger charge is 2.19. The average Bonchev–Trinajstić information content (AvgIpc) is 3.22. The van der Waals surface area contributed by atoms with Crippen molar-refractivity contribution in [2.75, 3.05) is 13.7 Å². The lowest BCUT2D eigenvalue weighted by molar-refractivity contribution is -0.122. The first-order chi connectivity index (χ1) is 15.4. The standard InChI is InChI=1S/C25H29F2N3O2/c1-16(32-2)22(13-14-28)29-24(31)12-7-19-15-23(17-3-8-20(26)9-4-17)30-25(19)18-5-10-21(27)11-6-18/h3-6,8-11,15-16,22,30H,7,12-14,28H2,1-2H3,(H,29,31). The molecule has 1 heterocycles. The van der Waals surface area contributed by atoms with Crippen LogP contribution in [0.1, 0.15) is 25.3 Å². The minimum Gasteiger partial charge on any atom is -0.380 e. The van der Waals surface area contributed by atoms with Crippen molar-refractivity contribution >= 4 is 5.91 Å². The van der Waals surface area contributed by atoms with Gasteiger partial charge in [0.05, 0.1) is 12.1 Å². The van der Waals surface area contributed by atoms with Gasteiger partial charge in [-0.25, -0.2) is 8.78 Å². The Hall–Kier alpha value is -3.03. The van der Waals surface area contributed by atoms with Crippen molar-refractivity contribution in [3.8, 4) is 22.5 Å². The summed E-state index contributed by atoms with van der Waals surface area (Å²) in [5.74, 6) is -0.728. The lowest BCUT2D eigenvalue weighted by Crippen LogP contribution is -2.44. The van der Waals surface area contributed by atoms with Crippen LogP contribution in [-0.2, 0) is 16.0 Å². The highest BCUT2D eigenvalue weighted by Crippen LogP contribution is 2.30. The highest BCUT2D eigenvalue weighted by atomic mass is 19.1. The van der Waals surface area contributed by atoms with E-state index < -0.39 is 0 Å². The van der Waals surface area contributed by atoms with Crippen LogP contribution in [0.2, 0.25) is 0 Å². The second-order valence-corrected chi connectivity index (χ2v) is 7.79. The molecule has 0 spiro atoms. The molecule has 2 atom stereocenters. The third kappa shape index (κ3) is 6.02. The van der Waals surface area contributed by atoms with Gasteiger partial charge >= 0.3 is 0 Å². The third-order valence-electron chi connectivity index (χ3n) is 5.57. The SMILES string of the molecule is COC(C)C(CCN)NC(=O)CCc1cc(-c2ccc(F)cc2)[nH]c1-c1ccc(F)cc1. The van der Waals surface area contributed by atoms with Crippen molar-refractivity contribution in [1.82, 2.24) is 10.3 Å². The second kappa shape index (κ2) is 11.0. The van der Waals surface area contributed by atoms with Gasteiger partial charge in [-0.3, -0.25) is 4.79 Å². The molecule has 0 fully saturated rings. The molecule has 0 aliphatic carbocycles. The number of rotatable bonds is 10. The summed E-state index contributed by atoms with van der Waals surface area (Å²) in [6, 6.07) is 14.1. The molecule has 0 aliphatic rings. The molecule has 7 heteroatoms. The number of carbonyl (C=O) groups excluding carboxylic acids is 1. The quantitative estimate of drug-likeness (QED) is 0.436. The Bertz CT molecular complexity index is 1020. The lowest BCUT2D eigenvalue weighted by atomic mass is 10.0. The minimum atomic E-state index is -0.321. The van der Waals surface area contributed by atoms with Crippen molar-refractivity contribution in [3.05, 3.63) is 71.8 Å². The molecular weight excluding hydrogens is 412 g/mol. The summed E-state index contributed by atoms with van der Waals surface area (Å²) in [6.45, 7) is 2.35. The topological polar surface area (TPSA) is 80.1 Å². The van der Waals surface area contributed by atoms with Crippen LogP contribution in [0, 0.1) is 11.6 Å². The fourth-order valence-electron chi connectivity index (χ4n) is 3.65. The van der Waals surface area contributed by atoms with Gasteiger partial charge in [0.1, 0.15) is 11.6 Å². The van der Waals surface area contributed by atoms with Crippen LogP contribution < -0.4 is 11.1 Å². The number of aromatic amines is 1. The van der Waals surface area contributed by atoms with E-state index in [1.165, 1.54) is 24.3 Å². The van der Waals surface area contributed by atoms with Crippen LogP contribution in [0.4, 0.5) is 8.78 Å².